The minimum atomic E-state index is 0.556. The molecule has 0 atom stereocenters. The molecule has 5 nitrogen and oxygen atoms in total. The predicted octanol–water partition coefficient (Wildman–Crippen LogP) is 2.89. The number of aromatic nitrogens is 2. The zero-order chi connectivity index (χ0) is 16.9. The van der Waals surface area contributed by atoms with Crippen LogP contribution in [-0.2, 0) is 19.5 Å². The van der Waals surface area contributed by atoms with E-state index in [2.05, 4.69) is 65.0 Å². The SMILES string of the molecule is Cc1ccccc1CN1CCN(Cc2nc(CC(C)C)no2)CC1. The Morgan fingerprint density at radius 1 is 1.04 bits per heavy atom. The van der Waals surface area contributed by atoms with Crippen LogP contribution in [0.3, 0.4) is 0 Å². The molecule has 1 aliphatic heterocycles. The molecule has 1 aromatic heterocycles. The second-order valence-corrected chi connectivity index (χ2v) is 7.18. The van der Waals surface area contributed by atoms with Gasteiger partial charge in [0.2, 0.25) is 5.89 Å². The molecule has 0 aliphatic carbocycles. The highest BCUT2D eigenvalue weighted by molar-refractivity contribution is 5.25. The van der Waals surface area contributed by atoms with Crippen LogP contribution in [-0.4, -0.2) is 46.1 Å². The number of piperazine rings is 1. The van der Waals surface area contributed by atoms with Crippen molar-refractivity contribution in [2.75, 3.05) is 26.2 Å². The summed E-state index contributed by atoms with van der Waals surface area (Å²) in [6.07, 6.45) is 0.883. The second-order valence-electron chi connectivity index (χ2n) is 7.18. The van der Waals surface area contributed by atoms with Gasteiger partial charge in [-0.2, -0.15) is 4.98 Å². The van der Waals surface area contributed by atoms with E-state index in [9.17, 15) is 0 Å². The molecule has 0 spiro atoms. The molecule has 0 radical (unpaired) electrons. The molecule has 1 saturated heterocycles. The van der Waals surface area contributed by atoms with E-state index in [-0.39, 0.29) is 0 Å². The van der Waals surface area contributed by atoms with Crippen LogP contribution in [0.2, 0.25) is 0 Å². The summed E-state index contributed by atoms with van der Waals surface area (Å²) in [6.45, 7) is 12.6. The summed E-state index contributed by atoms with van der Waals surface area (Å²) in [5.74, 6) is 2.14. The van der Waals surface area contributed by atoms with Crippen molar-refractivity contribution in [2.24, 2.45) is 5.92 Å². The van der Waals surface area contributed by atoms with Crippen molar-refractivity contribution in [3.8, 4) is 0 Å². The maximum absolute atomic E-state index is 5.39. The van der Waals surface area contributed by atoms with Crippen LogP contribution in [0, 0.1) is 12.8 Å². The van der Waals surface area contributed by atoms with Crippen LogP contribution in [0.15, 0.2) is 28.8 Å². The van der Waals surface area contributed by atoms with Crippen molar-refractivity contribution < 1.29 is 4.52 Å². The normalized spacial score (nSPS) is 16.8. The molecule has 0 bridgehead atoms. The highest BCUT2D eigenvalue weighted by atomic mass is 16.5. The lowest BCUT2D eigenvalue weighted by Gasteiger charge is -2.34. The molecule has 2 heterocycles. The fraction of sp³-hybridized carbons (Fsp3) is 0.579. The molecular formula is C19H28N4O. The van der Waals surface area contributed by atoms with Crippen molar-refractivity contribution in [1.29, 1.82) is 0 Å². The van der Waals surface area contributed by atoms with Crippen LogP contribution in [0.1, 0.15) is 36.7 Å². The Morgan fingerprint density at radius 2 is 1.71 bits per heavy atom. The van der Waals surface area contributed by atoms with Gasteiger partial charge in [-0.05, 0) is 24.0 Å². The van der Waals surface area contributed by atoms with E-state index in [4.69, 9.17) is 4.52 Å². The number of nitrogens with zero attached hydrogens (tertiary/aromatic N) is 4. The molecule has 2 aromatic rings. The van der Waals surface area contributed by atoms with E-state index in [1.165, 1.54) is 11.1 Å². The average Bonchev–Trinajstić information content (AvgIpc) is 2.98. The fourth-order valence-corrected chi connectivity index (χ4v) is 3.13. The summed E-state index contributed by atoms with van der Waals surface area (Å²) < 4.78 is 5.39. The van der Waals surface area contributed by atoms with Gasteiger partial charge in [0.1, 0.15) is 0 Å². The van der Waals surface area contributed by atoms with Crippen molar-refractivity contribution in [1.82, 2.24) is 19.9 Å². The Balaban J connectivity index is 1.47. The van der Waals surface area contributed by atoms with Gasteiger partial charge in [-0.15, -0.1) is 0 Å². The Hall–Kier alpha value is -1.72. The first-order valence-corrected chi connectivity index (χ1v) is 8.91. The smallest absolute Gasteiger partial charge is 0.240 e. The van der Waals surface area contributed by atoms with E-state index in [1.54, 1.807) is 0 Å². The highest BCUT2D eigenvalue weighted by Crippen LogP contribution is 2.14. The number of aryl methyl sites for hydroxylation is 1. The first-order valence-electron chi connectivity index (χ1n) is 8.91. The molecule has 0 N–H and O–H groups in total. The zero-order valence-corrected chi connectivity index (χ0v) is 15.0. The van der Waals surface area contributed by atoms with Crippen LogP contribution in [0.5, 0.6) is 0 Å². The van der Waals surface area contributed by atoms with Gasteiger partial charge in [0.05, 0.1) is 6.54 Å². The number of benzene rings is 1. The third-order valence-electron chi connectivity index (χ3n) is 4.58. The standard InChI is InChI=1S/C19H28N4O/c1-15(2)12-18-20-19(24-21-18)14-23-10-8-22(9-11-23)13-17-7-5-4-6-16(17)3/h4-7,15H,8-14H2,1-3H3. The maximum Gasteiger partial charge on any atom is 0.240 e. The van der Waals surface area contributed by atoms with Crippen LogP contribution in [0.4, 0.5) is 0 Å². The van der Waals surface area contributed by atoms with Crippen LogP contribution in [0.25, 0.3) is 0 Å². The minimum Gasteiger partial charge on any atom is -0.338 e. The third-order valence-corrected chi connectivity index (χ3v) is 4.58. The molecule has 0 unspecified atom stereocenters. The van der Waals surface area contributed by atoms with E-state index >= 15 is 0 Å². The first kappa shape index (κ1) is 17.1. The Morgan fingerprint density at radius 3 is 2.38 bits per heavy atom. The number of hydrogen-bond donors (Lipinski definition) is 0. The zero-order valence-electron chi connectivity index (χ0n) is 15.0. The van der Waals surface area contributed by atoms with Crippen molar-refractivity contribution >= 4 is 0 Å². The molecule has 130 valence electrons. The van der Waals surface area contributed by atoms with Crippen molar-refractivity contribution in [2.45, 2.75) is 40.3 Å². The van der Waals surface area contributed by atoms with Gasteiger partial charge in [-0.3, -0.25) is 9.80 Å². The second kappa shape index (κ2) is 7.90. The molecule has 1 fully saturated rings. The molecule has 1 aliphatic rings. The molecule has 3 rings (SSSR count). The molecule has 0 saturated carbocycles. The van der Waals surface area contributed by atoms with Gasteiger partial charge in [0.15, 0.2) is 5.82 Å². The Labute approximate surface area is 144 Å². The Kier molecular flexibility index (Phi) is 5.63. The molecule has 24 heavy (non-hydrogen) atoms. The van der Waals surface area contributed by atoms with Crippen molar-refractivity contribution in [3.05, 3.63) is 47.1 Å². The van der Waals surface area contributed by atoms with E-state index in [0.29, 0.717) is 5.92 Å². The van der Waals surface area contributed by atoms with Gasteiger partial charge >= 0.3 is 0 Å². The monoisotopic (exact) mass is 328 g/mol. The molecule has 1 aromatic carbocycles. The summed E-state index contributed by atoms with van der Waals surface area (Å²) in [7, 11) is 0. The lowest BCUT2D eigenvalue weighted by atomic mass is 10.1. The predicted molar refractivity (Wildman–Crippen MR) is 94.6 cm³/mol. The summed E-state index contributed by atoms with van der Waals surface area (Å²) >= 11 is 0. The first-order chi connectivity index (χ1) is 11.6. The largest absolute Gasteiger partial charge is 0.338 e. The van der Waals surface area contributed by atoms with Crippen molar-refractivity contribution in [3.63, 3.8) is 0 Å². The summed E-state index contributed by atoms with van der Waals surface area (Å²) in [4.78, 5) is 9.44. The van der Waals surface area contributed by atoms with Gasteiger partial charge < -0.3 is 4.52 Å². The van der Waals surface area contributed by atoms with E-state index in [1.807, 2.05) is 0 Å². The lowest BCUT2D eigenvalue weighted by molar-refractivity contribution is 0.112. The van der Waals surface area contributed by atoms with Gasteiger partial charge in [-0.25, -0.2) is 0 Å². The van der Waals surface area contributed by atoms with E-state index < -0.39 is 0 Å². The van der Waals surface area contributed by atoms with Crippen LogP contribution < -0.4 is 0 Å². The summed E-state index contributed by atoms with van der Waals surface area (Å²) in [5, 5.41) is 4.08. The highest BCUT2D eigenvalue weighted by Gasteiger charge is 2.19. The third kappa shape index (κ3) is 4.65. The topological polar surface area (TPSA) is 45.4 Å². The number of hydrogen-bond acceptors (Lipinski definition) is 5. The molecular weight excluding hydrogens is 300 g/mol. The minimum absolute atomic E-state index is 0.556. The van der Waals surface area contributed by atoms with Gasteiger partial charge in [-0.1, -0.05) is 43.3 Å². The number of rotatable bonds is 6. The molecule has 5 heteroatoms. The maximum atomic E-state index is 5.39. The summed E-state index contributed by atoms with van der Waals surface area (Å²) in [5.41, 5.74) is 2.81. The lowest BCUT2D eigenvalue weighted by Crippen LogP contribution is -2.45. The van der Waals surface area contributed by atoms with Crippen LogP contribution >= 0.6 is 0 Å². The Bertz CT molecular complexity index is 644. The van der Waals surface area contributed by atoms with Gasteiger partial charge in [0, 0.05) is 39.1 Å². The fourth-order valence-electron chi connectivity index (χ4n) is 3.13. The van der Waals surface area contributed by atoms with E-state index in [0.717, 1.165) is 57.4 Å². The summed E-state index contributed by atoms with van der Waals surface area (Å²) in [6, 6.07) is 8.66. The molecule has 0 amide bonds. The average molecular weight is 328 g/mol. The van der Waals surface area contributed by atoms with Gasteiger partial charge in [0.25, 0.3) is 0 Å². The quantitative estimate of drug-likeness (QED) is 0.816.